The molecule has 0 aliphatic heterocycles. The predicted molar refractivity (Wildman–Crippen MR) is 86.1 cm³/mol. The number of nitro benzene ring substituents is 1. The lowest BCUT2D eigenvalue weighted by molar-refractivity contribution is -0.384. The van der Waals surface area contributed by atoms with Crippen molar-refractivity contribution in [3.05, 3.63) is 75.3 Å². The average molecular weight is 310 g/mol. The predicted octanol–water partition coefficient (Wildman–Crippen LogP) is 4.10. The van der Waals surface area contributed by atoms with Crippen molar-refractivity contribution in [2.24, 2.45) is 0 Å². The minimum Gasteiger partial charge on any atom is -0.287 e. The van der Waals surface area contributed by atoms with Gasteiger partial charge in [0.1, 0.15) is 0 Å². The van der Waals surface area contributed by atoms with E-state index in [9.17, 15) is 14.9 Å². The number of benzene rings is 2. The minimum absolute atomic E-state index is 0.0228. The molecule has 0 radical (unpaired) electrons. The Kier molecular flexibility index (Phi) is 3.76. The first-order valence-electron chi connectivity index (χ1n) is 6.46. The van der Waals surface area contributed by atoms with Crippen molar-refractivity contribution < 1.29 is 9.72 Å². The summed E-state index contributed by atoms with van der Waals surface area (Å²) in [7, 11) is 0. The number of carbonyl (C=O) groups is 1. The summed E-state index contributed by atoms with van der Waals surface area (Å²) >= 11 is 1.35. The number of thiazole rings is 1. The van der Waals surface area contributed by atoms with E-state index in [0.29, 0.717) is 5.01 Å². The summed E-state index contributed by atoms with van der Waals surface area (Å²) in [4.78, 5) is 26.5. The molecule has 3 rings (SSSR count). The SMILES string of the molecule is O=C(/C=C\c1ccc([N+](=O)[O-])cc1)c1nc2ccccc2s1. The third kappa shape index (κ3) is 2.91. The highest BCUT2D eigenvalue weighted by Crippen LogP contribution is 2.22. The van der Waals surface area contributed by atoms with E-state index >= 15 is 0 Å². The summed E-state index contributed by atoms with van der Waals surface area (Å²) in [6.07, 6.45) is 3.05. The van der Waals surface area contributed by atoms with Crippen LogP contribution in [0.4, 0.5) is 5.69 Å². The first-order chi connectivity index (χ1) is 10.6. The van der Waals surface area contributed by atoms with E-state index in [-0.39, 0.29) is 11.5 Å². The molecule has 5 nitrogen and oxygen atoms in total. The number of fused-ring (bicyclic) bond motifs is 1. The normalized spacial score (nSPS) is 11.1. The molecular formula is C16H10N2O3S. The van der Waals surface area contributed by atoms with Crippen molar-refractivity contribution in [2.45, 2.75) is 0 Å². The summed E-state index contributed by atoms with van der Waals surface area (Å²) in [6, 6.07) is 13.6. The van der Waals surface area contributed by atoms with Gasteiger partial charge in [-0.2, -0.15) is 0 Å². The topological polar surface area (TPSA) is 73.1 Å². The zero-order chi connectivity index (χ0) is 15.5. The number of para-hydroxylation sites is 1. The Labute approximate surface area is 129 Å². The Morgan fingerprint density at radius 2 is 1.86 bits per heavy atom. The molecule has 1 aromatic heterocycles. The number of allylic oxidation sites excluding steroid dienone is 1. The maximum atomic E-state index is 12.1. The van der Waals surface area contributed by atoms with Crippen LogP contribution < -0.4 is 0 Å². The van der Waals surface area contributed by atoms with Crippen LogP contribution in [0, 0.1) is 10.1 Å². The number of rotatable bonds is 4. The molecule has 0 saturated carbocycles. The molecule has 0 amide bonds. The summed E-state index contributed by atoms with van der Waals surface area (Å²) < 4.78 is 0.967. The molecule has 1 heterocycles. The van der Waals surface area contributed by atoms with Gasteiger partial charge >= 0.3 is 0 Å². The van der Waals surface area contributed by atoms with Crippen LogP contribution in [0.1, 0.15) is 15.4 Å². The van der Waals surface area contributed by atoms with Crippen LogP contribution in [0.25, 0.3) is 16.3 Å². The maximum Gasteiger partial charge on any atom is 0.269 e. The number of nitro groups is 1. The molecule has 0 aliphatic rings. The van der Waals surface area contributed by atoms with Crippen LogP contribution in [0.2, 0.25) is 0 Å². The van der Waals surface area contributed by atoms with Gasteiger partial charge in [0.2, 0.25) is 5.78 Å². The van der Waals surface area contributed by atoms with Crippen molar-refractivity contribution in [3.63, 3.8) is 0 Å². The van der Waals surface area contributed by atoms with Gasteiger partial charge in [-0.05, 0) is 35.9 Å². The molecule has 6 heteroatoms. The van der Waals surface area contributed by atoms with E-state index in [1.165, 1.54) is 29.5 Å². The van der Waals surface area contributed by atoms with E-state index in [4.69, 9.17) is 0 Å². The molecule has 0 fully saturated rings. The van der Waals surface area contributed by atoms with Crippen LogP contribution >= 0.6 is 11.3 Å². The van der Waals surface area contributed by atoms with Crippen molar-refractivity contribution in [2.75, 3.05) is 0 Å². The van der Waals surface area contributed by atoms with Gasteiger partial charge in [0, 0.05) is 12.1 Å². The number of hydrogen-bond donors (Lipinski definition) is 0. The number of carbonyl (C=O) groups excluding carboxylic acids is 1. The van der Waals surface area contributed by atoms with Gasteiger partial charge in [0.15, 0.2) is 5.01 Å². The third-order valence-corrected chi connectivity index (χ3v) is 4.09. The van der Waals surface area contributed by atoms with Gasteiger partial charge in [-0.1, -0.05) is 18.2 Å². The number of non-ortho nitro benzene ring substituents is 1. The molecule has 3 aromatic rings. The molecule has 0 bridgehead atoms. The smallest absolute Gasteiger partial charge is 0.269 e. The maximum absolute atomic E-state index is 12.1. The minimum atomic E-state index is -0.459. The fourth-order valence-electron chi connectivity index (χ4n) is 1.93. The molecule has 0 atom stereocenters. The second-order valence-electron chi connectivity index (χ2n) is 4.53. The number of hydrogen-bond acceptors (Lipinski definition) is 5. The zero-order valence-electron chi connectivity index (χ0n) is 11.3. The average Bonchev–Trinajstić information content (AvgIpc) is 2.97. The molecule has 0 unspecified atom stereocenters. The summed E-state index contributed by atoms with van der Waals surface area (Å²) in [5.74, 6) is -0.181. The molecule has 0 spiro atoms. The van der Waals surface area contributed by atoms with Gasteiger partial charge in [-0.25, -0.2) is 4.98 Å². The molecule has 0 aliphatic carbocycles. The first kappa shape index (κ1) is 14.1. The van der Waals surface area contributed by atoms with Crippen LogP contribution in [-0.4, -0.2) is 15.7 Å². The Morgan fingerprint density at radius 1 is 1.14 bits per heavy atom. The lowest BCUT2D eigenvalue weighted by Crippen LogP contribution is -1.92. The summed E-state index contributed by atoms with van der Waals surface area (Å²) in [5, 5.41) is 11.0. The third-order valence-electron chi connectivity index (χ3n) is 3.04. The standard InChI is InChI=1S/C16H10N2O3S/c19-14(16-17-13-3-1-2-4-15(13)22-16)10-7-11-5-8-12(9-6-11)18(20)21/h1-10H/b10-7-. The molecule has 0 N–H and O–H groups in total. The highest BCUT2D eigenvalue weighted by Gasteiger charge is 2.09. The number of ketones is 1. The van der Waals surface area contributed by atoms with Crippen molar-refractivity contribution in [1.29, 1.82) is 0 Å². The first-order valence-corrected chi connectivity index (χ1v) is 7.27. The van der Waals surface area contributed by atoms with Gasteiger partial charge in [0.05, 0.1) is 15.1 Å². The number of nitrogens with zero attached hydrogens (tertiary/aromatic N) is 2. The van der Waals surface area contributed by atoms with Gasteiger partial charge in [0.25, 0.3) is 5.69 Å². The van der Waals surface area contributed by atoms with E-state index in [1.54, 1.807) is 18.2 Å². The Balaban J connectivity index is 1.79. The van der Waals surface area contributed by atoms with Crippen LogP contribution in [0.15, 0.2) is 54.6 Å². The van der Waals surface area contributed by atoms with Crippen LogP contribution in [0.5, 0.6) is 0 Å². The highest BCUT2D eigenvalue weighted by atomic mass is 32.1. The Hall–Kier alpha value is -2.86. The van der Waals surface area contributed by atoms with Crippen molar-refractivity contribution in [3.8, 4) is 0 Å². The number of aromatic nitrogens is 1. The lowest BCUT2D eigenvalue weighted by atomic mass is 10.2. The second kappa shape index (κ2) is 5.87. The second-order valence-corrected chi connectivity index (χ2v) is 5.56. The van der Waals surface area contributed by atoms with E-state index in [2.05, 4.69) is 4.98 Å². The van der Waals surface area contributed by atoms with Crippen LogP contribution in [0.3, 0.4) is 0 Å². The van der Waals surface area contributed by atoms with Crippen molar-refractivity contribution >= 4 is 39.1 Å². The van der Waals surface area contributed by atoms with E-state index in [1.807, 2.05) is 24.3 Å². The molecular weight excluding hydrogens is 300 g/mol. The molecule has 108 valence electrons. The Bertz CT molecular complexity index is 849. The molecule has 2 aromatic carbocycles. The van der Waals surface area contributed by atoms with Gasteiger partial charge in [-0.3, -0.25) is 14.9 Å². The largest absolute Gasteiger partial charge is 0.287 e. The fraction of sp³-hybridized carbons (Fsp3) is 0. The molecule has 0 saturated heterocycles. The molecule has 22 heavy (non-hydrogen) atoms. The van der Waals surface area contributed by atoms with E-state index in [0.717, 1.165) is 15.8 Å². The van der Waals surface area contributed by atoms with Crippen molar-refractivity contribution in [1.82, 2.24) is 4.98 Å². The van der Waals surface area contributed by atoms with Gasteiger partial charge < -0.3 is 0 Å². The Morgan fingerprint density at radius 3 is 2.55 bits per heavy atom. The highest BCUT2D eigenvalue weighted by molar-refractivity contribution is 7.20. The zero-order valence-corrected chi connectivity index (χ0v) is 12.1. The summed E-state index contributed by atoms with van der Waals surface area (Å²) in [5.41, 5.74) is 1.55. The lowest BCUT2D eigenvalue weighted by Gasteiger charge is -1.93. The monoisotopic (exact) mass is 310 g/mol. The summed E-state index contributed by atoms with van der Waals surface area (Å²) in [6.45, 7) is 0. The van der Waals surface area contributed by atoms with E-state index < -0.39 is 4.92 Å². The van der Waals surface area contributed by atoms with Gasteiger partial charge in [-0.15, -0.1) is 11.3 Å². The van der Waals surface area contributed by atoms with Crippen LogP contribution in [-0.2, 0) is 0 Å². The quantitative estimate of drug-likeness (QED) is 0.315. The fourth-order valence-corrected chi connectivity index (χ4v) is 2.81.